The Morgan fingerprint density at radius 2 is 2.13 bits per heavy atom. The smallest absolute Gasteiger partial charge is 0.305 e. The average molecular weight is 438 g/mol. The standard InChI is InChI=1S/C21H18N4O5S/c1-29-17-8-13(11-23-25-21-24-20(28)18(31-21)9-19(26)27)6-7-16(17)30-12-15-5-3-2-4-14(15)10-22/h2-8,11,18H,9,12H2,1H3,(H,26,27)(H,24,25,28). The summed E-state index contributed by atoms with van der Waals surface area (Å²) in [6.45, 7) is 0.218. The number of amidine groups is 1. The number of nitrogens with one attached hydrogen (secondary N) is 1. The minimum absolute atomic E-state index is 0.218. The van der Waals surface area contributed by atoms with Gasteiger partial charge in [0.2, 0.25) is 5.91 Å². The minimum atomic E-state index is -1.05. The second-order valence-electron chi connectivity index (χ2n) is 6.31. The molecule has 0 spiro atoms. The Balaban J connectivity index is 1.65. The predicted molar refractivity (Wildman–Crippen MR) is 115 cm³/mol. The van der Waals surface area contributed by atoms with E-state index in [1.807, 2.05) is 12.1 Å². The number of methoxy groups -OCH3 is 1. The Kier molecular flexibility index (Phi) is 7.24. The van der Waals surface area contributed by atoms with Crippen molar-refractivity contribution in [1.82, 2.24) is 5.32 Å². The number of hydrogen-bond donors (Lipinski definition) is 2. The molecule has 0 aliphatic carbocycles. The van der Waals surface area contributed by atoms with Crippen LogP contribution in [0.1, 0.15) is 23.1 Å². The third-order valence-corrected chi connectivity index (χ3v) is 5.27. The van der Waals surface area contributed by atoms with Crippen molar-refractivity contribution in [3.05, 3.63) is 59.2 Å². The van der Waals surface area contributed by atoms with Crippen LogP contribution in [0, 0.1) is 11.3 Å². The molecule has 2 N–H and O–H groups in total. The zero-order valence-corrected chi connectivity index (χ0v) is 17.3. The van der Waals surface area contributed by atoms with E-state index in [1.54, 1.807) is 30.3 Å². The van der Waals surface area contributed by atoms with Crippen molar-refractivity contribution in [1.29, 1.82) is 5.26 Å². The van der Waals surface area contributed by atoms with Crippen LogP contribution in [0.5, 0.6) is 11.5 Å². The van der Waals surface area contributed by atoms with Crippen LogP contribution in [-0.4, -0.2) is 40.7 Å². The van der Waals surface area contributed by atoms with Crippen molar-refractivity contribution in [2.24, 2.45) is 10.2 Å². The predicted octanol–water partition coefficient (Wildman–Crippen LogP) is 2.54. The van der Waals surface area contributed by atoms with Gasteiger partial charge in [0.15, 0.2) is 16.7 Å². The van der Waals surface area contributed by atoms with Gasteiger partial charge in [-0.2, -0.15) is 10.4 Å². The number of nitriles is 1. The SMILES string of the molecule is COc1cc(C=NN=C2NC(=O)C(CC(=O)O)S2)ccc1OCc1ccccc1C#N. The van der Waals surface area contributed by atoms with E-state index >= 15 is 0 Å². The van der Waals surface area contributed by atoms with E-state index in [-0.39, 0.29) is 18.2 Å². The summed E-state index contributed by atoms with van der Waals surface area (Å²) in [6.07, 6.45) is 1.19. The lowest BCUT2D eigenvalue weighted by atomic mass is 10.1. The van der Waals surface area contributed by atoms with Gasteiger partial charge < -0.3 is 19.9 Å². The highest BCUT2D eigenvalue weighted by atomic mass is 32.2. The highest BCUT2D eigenvalue weighted by Gasteiger charge is 2.32. The number of carbonyl (C=O) groups is 2. The highest BCUT2D eigenvalue weighted by Crippen LogP contribution is 2.29. The number of hydrogen-bond acceptors (Lipinski definition) is 8. The van der Waals surface area contributed by atoms with Crippen molar-refractivity contribution in [2.75, 3.05) is 7.11 Å². The van der Waals surface area contributed by atoms with E-state index in [4.69, 9.17) is 14.6 Å². The fraction of sp³-hybridized carbons (Fsp3) is 0.190. The molecule has 1 aliphatic rings. The fourth-order valence-corrected chi connectivity index (χ4v) is 3.60. The van der Waals surface area contributed by atoms with Crippen LogP contribution in [-0.2, 0) is 16.2 Å². The third-order valence-electron chi connectivity index (χ3n) is 4.20. The van der Waals surface area contributed by atoms with E-state index < -0.39 is 17.1 Å². The molecule has 1 unspecified atom stereocenters. The van der Waals surface area contributed by atoms with E-state index in [0.29, 0.717) is 22.6 Å². The monoisotopic (exact) mass is 438 g/mol. The number of carboxylic acids is 1. The summed E-state index contributed by atoms with van der Waals surface area (Å²) >= 11 is 1.03. The van der Waals surface area contributed by atoms with Gasteiger partial charge in [0.05, 0.1) is 31.4 Å². The Labute approximate surface area is 182 Å². The quantitative estimate of drug-likeness (QED) is 0.478. The van der Waals surface area contributed by atoms with Crippen molar-refractivity contribution in [2.45, 2.75) is 18.3 Å². The molecule has 0 aromatic heterocycles. The molecule has 0 radical (unpaired) electrons. The number of rotatable bonds is 8. The van der Waals surface area contributed by atoms with Crippen LogP contribution < -0.4 is 14.8 Å². The Morgan fingerprint density at radius 3 is 2.87 bits per heavy atom. The first-order valence-electron chi connectivity index (χ1n) is 9.09. The van der Waals surface area contributed by atoms with Gasteiger partial charge >= 0.3 is 5.97 Å². The van der Waals surface area contributed by atoms with Crippen LogP contribution in [0.25, 0.3) is 0 Å². The van der Waals surface area contributed by atoms with Crippen molar-refractivity contribution in [3.63, 3.8) is 0 Å². The number of benzene rings is 2. The summed E-state index contributed by atoms with van der Waals surface area (Å²) in [4.78, 5) is 22.5. The molecule has 2 aromatic carbocycles. The van der Waals surface area contributed by atoms with E-state index in [2.05, 4.69) is 21.6 Å². The van der Waals surface area contributed by atoms with Crippen LogP contribution >= 0.6 is 11.8 Å². The normalized spacial score (nSPS) is 16.8. The summed E-state index contributed by atoms with van der Waals surface area (Å²) in [5.74, 6) is -0.463. The molecule has 31 heavy (non-hydrogen) atoms. The molecule has 0 saturated carbocycles. The van der Waals surface area contributed by atoms with E-state index in [0.717, 1.165) is 17.3 Å². The molecule has 2 aromatic rings. The van der Waals surface area contributed by atoms with Gasteiger partial charge in [-0.15, -0.1) is 5.10 Å². The lowest BCUT2D eigenvalue weighted by Crippen LogP contribution is -2.26. The third kappa shape index (κ3) is 5.83. The Bertz CT molecular complexity index is 1090. The summed E-state index contributed by atoms with van der Waals surface area (Å²) in [5, 5.41) is 27.9. The molecule has 1 heterocycles. The molecule has 1 amide bonds. The maximum atomic E-state index is 11.7. The molecule has 158 valence electrons. The maximum absolute atomic E-state index is 11.7. The number of carbonyl (C=O) groups excluding carboxylic acids is 1. The van der Waals surface area contributed by atoms with Gasteiger partial charge in [-0.1, -0.05) is 30.0 Å². The van der Waals surface area contributed by atoms with Gasteiger partial charge in [-0.3, -0.25) is 9.59 Å². The van der Waals surface area contributed by atoms with E-state index in [1.165, 1.54) is 13.3 Å². The average Bonchev–Trinajstić information content (AvgIpc) is 3.11. The topological polar surface area (TPSA) is 133 Å². The first-order valence-corrected chi connectivity index (χ1v) is 9.97. The summed E-state index contributed by atoms with van der Waals surface area (Å²) < 4.78 is 11.2. The molecule has 3 rings (SSSR count). The largest absolute Gasteiger partial charge is 0.493 e. The lowest BCUT2D eigenvalue weighted by molar-refractivity contribution is -0.138. The zero-order chi connectivity index (χ0) is 22.2. The number of aliphatic carboxylic acids is 1. The molecule has 1 fully saturated rings. The van der Waals surface area contributed by atoms with Crippen molar-refractivity contribution >= 4 is 35.0 Å². The second-order valence-corrected chi connectivity index (χ2v) is 7.50. The van der Waals surface area contributed by atoms with E-state index in [9.17, 15) is 14.9 Å². The van der Waals surface area contributed by atoms with Gasteiger partial charge in [-0.25, -0.2) is 0 Å². The molecule has 1 saturated heterocycles. The highest BCUT2D eigenvalue weighted by molar-refractivity contribution is 8.15. The molecule has 10 heteroatoms. The van der Waals surface area contributed by atoms with Gasteiger partial charge in [0.1, 0.15) is 11.9 Å². The summed E-state index contributed by atoms with van der Waals surface area (Å²) in [6, 6.07) is 14.5. The number of nitrogens with zero attached hydrogens (tertiary/aromatic N) is 3. The summed E-state index contributed by atoms with van der Waals surface area (Å²) in [5.41, 5.74) is 2.00. The van der Waals surface area contributed by atoms with Crippen LogP contribution in [0.2, 0.25) is 0 Å². The molecule has 1 aliphatic heterocycles. The number of carboxylic acid groups (broad SMARTS) is 1. The second kappa shape index (κ2) is 10.3. The zero-order valence-electron chi connectivity index (χ0n) is 16.4. The van der Waals surface area contributed by atoms with Crippen LogP contribution in [0.3, 0.4) is 0 Å². The number of amides is 1. The summed E-state index contributed by atoms with van der Waals surface area (Å²) in [7, 11) is 1.51. The molecular formula is C21H18N4O5S. The van der Waals surface area contributed by atoms with Crippen LogP contribution in [0.4, 0.5) is 0 Å². The van der Waals surface area contributed by atoms with Crippen molar-refractivity contribution in [3.8, 4) is 17.6 Å². The molecule has 9 nitrogen and oxygen atoms in total. The first-order chi connectivity index (χ1) is 15.0. The van der Waals surface area contributed by atoms with Gasteiger partial charge in [0.25, 0.3) is 0 Å². The molecular weight excluding hydrogens is 420 g/mol. The molecule has 0 bridgehead atoms. The minimum Gasteiger partial charge on any atom is -0.493 e. The van der Waals surface area contributed by atoms with Crippen molar-refractivity contribution < 1.29 is 24.2 Å². The number of thioether (sulfide) groups is 1. The Hall–Kier alpha value is -3.84. The lowest BCUT2D eigenvalue weighted by Gasteiger charge is -2.12. The number of ether oxygens (including phenoxy) is 2. The fourth-order valence-electron chi connectivity index (χ4n) is 2.69. The van der Waals surface area contributed by atoms with Crippen LogP contribution in [0.15, 0.2) is 52.7 Å². The molecule has 1 atom stereocenters. The van der Waals surface area contributed by atoms with Gasteiger partial charge in [-0.05, 0) is 29.8 Å². The van der Waals surface area contributed by atoms with Gasteiger partial charge in [0, 0.05) is 5.56 Å². The first kappa shape index (κ1) is 21.9. The Morgan fingerprint density at radius 1 is 1.32 bits per heavy atom. The maximum Gasteiger partial charge on any atom is 0.305 e.